The van der Waals surface area contributed by atoms with E-state index in [1.54, 1.807) is 6.26 Å². The molecule has 0 spiro atoms. The number of allylic oxidation sites excluding steroid dienone is 1. The molecule has 0 saturated carbocycles. The van der Waals surface area contributed by atoms with Crippen molar-refractivity contribution in [1.29, 1.82) is 0 Å². The van der Waals surface area contributed by atoms with Crippen molar-refractivity contribution in [3.63, 3.8) is 0 Å². The van der Waals surface area contributed by atoms with Gasteiger partial charge in [-0.25, -0.2) is 0 Å². The average Bonchev–Trinajstić information content (AvgIpc) is 3.02. The Hall–Kier alpha value is -0.483. The van der Waals surface area contributed by atoms with Crippen LogP contribution >= 0.6 is 0 Å². The molecule has 0 aromatic carbocycles. The van der Waals surface area contributed by atoms with Gasteiger partial charge >= 0.3 is 0 Å². The lowest BCUT2D eigenvalue weighted by Crippen LogP contribution is -2.71. The topological polar surface area (TPSA) is 86.6 Å². The Morgan fingerprint density at radius 2 is 1.30 bits per heavy atom. The molecule has 1 fully saturated rings. The zero-order valence-electron chi connectivity index (χ0n) is 32.0. The summed E-state index contributed by atoms with van der Waals surface area (Å²) in [5.41, 5.74) is -1.47. The summed E-state index contributed by atoms with van der Waals surface area (Å²) in [5, 5.41) is 22.5. The maximum atomic E-state index is 11.7. The van der Waals surface area contributed by atoms with E-state index in [0.717, 1.165) is 25.7 Å². The van der Waals surface area contributed by atoms with Crippen LogP contribution in [-0.4, -0.2) is 80.4 Å². The van der Waals surface area contributed by atoms with Gasteiger partial charge in [-0.1, -0.05) is 136 Å². The molecule has 0 amide bonds. The average molecular weight is 686 g/mol. The highest BCUT2D eigenvalue weighted by Gasteiger charge is 2.59. The second-order valence-corrected chi connectivity index (χ2v) is 17.7. The maximum Gasteiger partial charge on any atom is 0.215 e. The van der Waals surface area contributed by atoms with Crippen LogP contribution in [-0.2, 0) is 23.7 Å². The molecule has 2 N–H and O–H groups in total. The monoisotopic (exact) mass is 686 g/mol. The molecule has 0 aromatic heterocycles. The van der Waals surface area contributed by atoms with Gasteiger partial charge in [0.25, 0.3) is 0 Å². The Labute approximate surface area is 292 Å². The molecule has 1 heterocycles. The van der Waals surface area contributed by atoms with E-state index in [2.05, 4.69) is 26.9 Å². The molecule has 0 unspecified atom stereocenters. The Kier molecular flexibility index (Phi) is 25.0. The lowest BCUT2D eigenvalue weighted by atomic mass is 9.97. The van der Waals surface area contributed by atoms with E-state index in [-0.39, 0.29) is 12.2 Å². The van der Waals surface area contributed by atoms with Gasteiger partial charge in [0.1, 0.15) is 33.2 Å². The van der Waals surface area contributed by atoms with Crippen molar-refractivity contribution in [2.75, 3.05) is 19.8 Å². The molecule has 1 rings (SSSR count). The molecular formula is C39H77O7Si. The summed E-state index contributed by atoms with van der Waals surface area (Å²) < 4.78 is 32.4. The highest BCUT2D eigenvalue weighted by molar-refractivity contribution is 6.59. The number of aliphatic hydroxyl groups excluding tert-OH is 2. The zero-order chi connectivity index (χ0) is 35.0. The molecule has 279 valence electrons. The second kappa shape index (κ2) is 26.3. The van der Waals surface area contributed by atoms with Crippen LogP contribution in [0.5, 0.6) is 0 Å². The molecule has 47 heavy (non-hydrogen) atoms. The number of aliphatic hydroxyl groups is 2. The number of unbranched alkanes of at least 4 members (excludes halogenated alkanes) is 15. The van der Waals surface area contributed by atoms with E-state index in [1.165, 1.54) is 89.9 Å². The molecule has 1 saturated heterocycles. The van der Waals surface area contributed by atoms with Gasteiger partial charge in [0.05, 0.1) is 24.6 Å². The smallest absolute Gasteiger partial charge is 0.215 e. The number of rotatable bonds is 29. The van der Waals surface area contributed by atoms with E-state index < -0.39 is 44.7 Å². The third-order valence-corrected chi connectivity index (χ3v) is 11.1. The standard InChI is InChI=1S/C39H77O7Si/c1-9-12-14-16-18-20-21-23-25-27-33(40)28-31-43-37-36(42-30-26-24-22-19-17-15-13-10-2)35(41)34(32-45-38(4,5)6)46-39(37,47(7)8)44-29-11-3/h11,29,33-37,40-41H,9-10,12-28,30-32H2,1-8H3/b29-11+/t33-,34-,35-,36+,37-,39-/m1/s1. The first-order valence-electron chi connectivity index (χ1n) is 19.5. The molecule has 7 nitrogen and oxygen atoms in total. The van der Waals surface area contributed by atoms with E-state index in [0.29, 0.717) is 19.6 Å². The molecule has 1 radical (unpaired) electrons. The first-order valence-corrected chi connectivity index (χ1v) is 22.0. The minimum absolute atomic E-state index is 0.225. The van der Waals surface area contributed by atoms with Crippen LogP contribution in [0.2, 0.25) is 13.1 Å². The Balaban J connectivity index is 2.89. The number of hydrogen-bond donors (Lipinski definition) is 2. The summed E-state index contributed by atoms with van der Waals surface area (Å²) in [6.45, 7) is 17.8. The van der Waals surface area contributed by atoms with Crippen LogP contribution in [0.1, 0.15) is 164 Å². The Morgan fingerprint density at radius 1 is 0.766 bits per heavy atom. The van der Waals surface area contributed by atoms with Crippen molar-refractivity contribution in [3.05, 3.63) is 12.3 Å². The van der Waals surface area contributed by atoms with Crippen molar-refractivity contribution in [3.8, 4) is 0 Å². The molecule has 1 aliphatic heterocycles. The fourth-order valence-electron chi connectivity index (χ4n) is 6.23. The molecule has 6 atom stereocenters. The second-order valence-electron chi connectivity index (χ2n) is 15.0. The van der Waals surface area contributed by atoms with Crippen molar-refractivity contribution in [2.24, 2.45) is 0 Å². The van der Waals surface area contributed by atoms with Gasteiger partial charge in [0, 0.05) is 13.2 Å². The van der Waals surface area contributed by atoms with Gasteiger partial charge in [-0.05, 0) is 47.0 Å². The van der Waals surface area contributed by atoms with Crippen LogP contribution in [0.3, 0.4) is 0 Å². The summed E-state index contributed by atoms with van der Waals surface area (Å²) in [6.07, 6.45) is 22.7. The van der Waals surface area contributed by atoms with Gasteiger partial charge in [0.15, 0.2) is 0 Å². The molecule has 8 heteroatoms. The SMILES string of the molecule is C/C=C/O[C@@]1([Si](C)C)O[C@H](COC(C)(C)C)[C@@H](O)[C@H](OCCCCCCCCCC)[C@H]1OCC[C@H](O)CCCCCCCCCCC. The van der Waals surface area contributed by atoms with Crippen LogP contribution < -0.4 is 0 Å². The lowest BCUT2D eigenvalue weighted by Gasteiger charge is -2.52. The molecule has 0 bridgehead atoms. The van der Waals surface area contributed by atoms with Gasteiger partial charge < -0.3 is 33.9 Å². The number of hydrogen-bond acceptors (Lipinski definition) is 7. The van der Waals surface area contributed by atoms with E-state index >= 15 is 0 Å². The number of ether oxygens (including phenoxy) is 5. The van der Waals surface area contributed by atoms with Crippen LogP contribution in [0.4, 0.5) is 0 Å². The summed E-state index contributed by atoms with van der Waals surface area (Å²) in [7, 11) is -1.32. The normalized spacial score (nSPS) is 24.4. The van der Waals surface area contributed by atoms with Crippen molar-refractivity contribution < 1.29 is 33.9 Å². The van der Waals surface area contributed by atoms with Crippen molar-refractivity contribution >= 4 is 8.80 Å². The van der Waals surface area contributed by atoms with Gasteiger partial charge in [-0.3, -0.25) is 0 Å². The first kappa shape index (κ1) is 44.5. The Bertz CT molecular complexity index is 758. The van der Waals surface area contributed by atoms with Crippen molar-refractivity contribution in [1.82, 2.24) is 0 Å². The molecule has 1 aliphatic rings. The van der Waals surface area contributed by atoms with Gasteiger partial charge in [-0.15, -0.1) is 0 Å². The third-order valence-electron chi connectivity index (χ3n) is 9.17. The predicted octanol–water partition coefficient (Wildman–Crippen LogP) is 9.68. The fraction of sp³-hybridized carbons (Fsp3) is 0.949. The zero-order valence-corrected chi connectivity index (χ0v) is 33.0. The predicted molar refractivity (Wildman–Crippen MR) is 197 cm³/mol. The summed E-state index contributed by atoms with van der Waals surface area (Å²) in [6, 6.07) is 0. The van der Waals surface area contributed by atoms with E-state index in [1.807, 2.05) is 33.8 Å². The van der Waals surface area contributed by atoms with E-state index in [9.17, 15) is 10.2 Å². The largest absolute Gasteiger partial charge is 0.472 e. The van der Waals surface area contributed by atoms with Crippen molar-refractivity contribution in [2.45, 2.75) is 218 Å². The minimum atomic E-state index is -1.32. The molecular weight excluding hydrogens is 609 g/mol. The highest BCUT2D eigenvalue weighted by atomic mass is 28.3. The van der Waals surface area contributed by atoms with Crippen LogP contribution in [0, 0.1) is 0 Å². The Morgan fingerprint density at radius 3 is 1.81 bits per heavy atom. The highest BCUT2D eigenvalue weighted by Crippen LogP contribution is 2.38. The van der Waals surface area contributed by atoms with Gasteiger partial charge in [-0.2, -0.15) is 0 Å². The summed E-state index contributed by atoms with van der Waals surface area (Å²) in [4.78, 5) is 0. The quantitative estimate of drug-likeness (QED) is 0.0461. The molecule has 0 aliphatic carbocycles. The van der Waals surface area contributed by atoms with Crippen LogP contribution in [0.15, 0.2) is 12.3 Å². The van der Waals surface area contributed by atoms with Crippen LogP contribution in [0.25, 0.3) is 0 Å². The van der Waals surface area contributed by atoms with E-state index in [4.69, 9.17) is 23.7 Å². The molecule has 0 aromatic rings. The lowest BCUT2D eigenvalue weighted by molar-refractivity contribution is -0.333. The minimum Gasteiger partial charge on any atom is -0.472 e. The first-order chi connectivity index (χ1) is 22.5. The fourth-order valence-corrected chi connectivity index (χ4v) is 7.74. The van der Waals surface area contributed by atoms with Gasteiger partial charge in [0.2, 0.25) is 5.41 Å². The third kappa shape index (κ3) is 18.9. The summed E-state index contributed by atoms with van der Waals surface area (Å²) in [5.74, 6) is 0. The maximum absolute atomic E-state index is 11.7. The summed E-state index contributed by atoms with van der Waals surface area (Å²) >= 11 is 0.